The third-order valence-corrected chi connectivity index (χ3v) is 5.82. The van der Waals surface area contributed by atoms with Crippen molar-refractivity contribution in [3.05, 3.63) is 53.1 Å². The van der Waals surface area contributed by atoms with Crippen molar-refractivity contribution in [3.63, 3.8) is 0 Å². The van der Waals surface area contributed by atoms with Gasteiger partial charge in [-0.2, -0.15) is 0 Å². The summed E-state index contributed by atoms with van der Waals surface area (Å²) in [6, 6.07) is 13.7. The Kier molecular flexibility index (Phi) is 4.46. The molecular formula is C21H27N2OSi. The van der Waals surface area contributed by atoms with E-state index < -0.39 is 9.04 Å². The Balaban J connectivity index is 1.70. The van der Waals surface area contributed by atoms with Crippen molar-refractivity contribution in [2.75, 3.05) is 23.3 Å². The molecule has 1 saturated heterocycles. The van der Waals surface area contributed by atoms with E-state index in [9.17, 15) is 0 Å². The highest BCUT2D eigenvalue weighted by molar-refractivity contribution is 6.49. The van der Waals surface area contributed by atoms with Gasteiger partial charge in [-0.3, -0.25) is 0 Å². The normalized spacial score (nSPS) is 19.2. The molecule has 1 atom stereocenters. The molecule has 1 fully saturated rings. The van der Waals surface area contributed by atoms with Gasteiger partial charge in [-0.25, -0.2) is 0 Å². The predicted molar refractivity (Wildman–Crippen MR) is 107 cm³/mol. The number of fused-ring (bicyclic) bond motifs is 4. The fraction of sp³-hybridized carbons (Fsp3) is 0.429. The maximum Gasteiger partial charge on any atom is 0.274 e. The van der Waals surface area contributed by atoms with Gasteiger partial charge in [0.25, 0.3) is 9.04 Å². The molecule has 5 rings (SSSR count). The van der Waals surface area contributed by atoms with Crippen LogP contribution in [0.15, 0.2) is 36.4 Å². The molecule has 2 aromatic carbocycles. The first-order chi connectivity index (χ1) is 12.1. The van der Waals surface area contributed by atoms with Crippen LogP contribution >= 0.6 is 0 Å². The summed E-state index contributed by atoms with van der Waals surface area (Å²) in [5, 5.41) is 3.78. The van der Waals surface area contributed by atoms with Gasteiger partial charge < -0.3 is 14.6 Å². The smallest absolute Gasteiger partial charge is 0.274 e. The number of para-hydroxylation sites is 1. The first kappa shape index (κ1) is 16.5. The summed E-state index contributed by atoms with van der Waals surface area (Å²) in [5.74, 6) is 1.02. The van der Waals surface area contributed by atoms with Crippen LogP contribution in [0.2, 0.25) is 13.1 Å². The predicted octanol–water partition coefficient (Wildman–Crippen LogP) is 4.93. The molecule has 3 aliphatic heterocycles. The Labute approximate surface area is 152 Å². The third-order valence-electron chi connectivity index (χ3n) is 5.20. The SMILES string of the molecule is Cc1cccc(C2Cc3ccc(c(O[Si](C)C)c3)N2)c1N1CCCC1. The zero-order valence-corrected chi connectivity index (χ0v) is 16.4. The number of hydrogen-bond donors (Lipinski definition) is 1. The van der Waals surface area contributed by atoms with Crippen LogP contribution in [0.4, 0.5) is 11.4 Å². The Morgan fingerprint density at radius 2 is 1.92 bits per heavy atom. The summed E-state index contributed by atoms with van der Waals surface area (Å²) >= 11 is 0. The van der Waals surface area contributed by atoms with E-state index in [1.165, 1.54) is 48.3 Å². The van der Waals surface area contributed by atoms with Gasteiger partial charge in [0.2, 0.25) is 0 Å². The van der Waals surface area contributed by atoms with Crippen molar-refractivity contribution in [1.29, 1.82) is 0 Å². The van der Waals surface area contributed by atoms with Gasteiger partial charge in [0.1, 0.15) is 5.75 Å². The fourth-order valence-electron chi connectivity index (χ4n) is 4.12. The monoisotopic (exact) mass is 351 g/mol. The van der Waals surface area contributed by atoms with E-state index in [2.05, 4.69) is 66.6 Å². The quantitative estimate of drug-likeness (QED) is 0.790. The third kappa shape index (κ3) is 3.27. The lowest BCUT2D eigenvalue weighted by molar-refractivity contribution is 0.582. The van der Waals surface area contributed by atoms with Crippen molar-refractivity contribution < 1.29 is 4.43 Å². The highest BCUT2D eigenvalue weighted by atomic mass is 28.3. The second-order valence-electron chi connectivity index (χ2n) is 7.45. The largest absolute Gasteiger partial charge is 0.541 e. The fourth-order valence-corrected chi connectivity index (χ4v) is 4.72. The second-order valence-corrected chi connectivity index (χ2v) is 9.47. The van der Waals surface area contributed by atoms with Crippen LogP contribution in [-0.2, 0) is 6.42 Å². The molecule has 1 unspecified atom stereocenters. The maximum atomic E-state index is 6.12. The molecule has 3 nitrogen and oxygen atoms in total. The minimum atomic E-state index is -0.765. The van der Waals surface area contributed by atoms with E-state index in [1.807, 2.05) is 0 Å². The molecule has 3 aliphatic rings. The lowest BCUT2D eigenvalue weighted by atomic mass is 9.96. The number of aryl methyl sites for hydroxylation is 1. The summed E-state index contributed by atoms with van der Waals surface area (Å²) < 4.78 is 6.12. The van der Waals surface area contributed by atoms with Crippen LogP contribution in [0, 0.1) is 6.92 Å². The molecule has 25 heavy (non-hydrogen) atoms. The van der Waals surface area contributed by atoms with Crippen LogP contribution in [0.1, 0.15) is 35.6 Å². The van der Waals surface area contributed by atoms with E-state index in [-0.39, 0.29) is 0 Å². The van der Waals surface area contributed by atoms with Crippen molar-refractivity contribution >= 4 is 20.4 Å². The summed E-state index contributed by atoms with van der Waals surface area (Å²) in [6.45, 7) is 8.97. The van der Waals surface area contributed by atoms with Crippen molar-refractivity contribution in [1.82, 2.24) is 0 Å². The zero-order valence-electron chi connectivity index (χ0n) is 15.4. The summed E-state index contributed by atoms with van der Waals surface area (Å²) in [4.78, 5) is 2.58. The number of hydrogen-bond acceptors (Lipinski definition) is 3. The van der Waals surface area contributed by atoms with Crippen molar-refractivity contribution in [2.24, 2.45) is 0 Å². The van der Waals surface area contributed by atoms with Gasteiger partial charge in [0.05, 0.1) is 11.7 Å². The van der Waals surface area contributed by atoms with Crippen LogP contribution in [0.25, 0.3) is 0 Å². The summed E-state index contributed by atoms with van der Waals surface area (Å²) in [7, 11) is -0.765. The van der Waals surface area contributed by atoms with E-state index in [1.54, 1.807) is 0 Å². The average Bonchev–Trinajstić information content (AvgIpc) is 2.95. The average molecular weight is 352 g/mol. The topological polar surface area (TPSA) is 24.5 Å². The van der Waals surface area contributed by atoms with Crippen LogP contribution < -0.4 is 14.6 Å². The molecule has 1 radical (unpaired) electrons. The lowest BCUT2D eigenvalue weighted by Crippen LogP contribution is -2.23. The molecule has 0 aromatic heterocycles. The molecule has 131 valence electrons. The Morgan fingerprint density at radius 3 is 2.68 bits per heavy atom. The lowest BCUT2D eigenvalue weighted by Gasteiger charge is -2.28. The van der Waals surface area contributed by atoms with Crippen LogP contribution in [-0.4, -0.2) is 22.1 Å². The molecule has 1 N–H and O–H groups in total. The number of nitrogens with zero attached hydrogens (tertiary/aromatic N) is 1. The summed E-state index contributed by atoms with van der Waals surface area (Å²) in [6.07, 6.45) is 3.62. The van der Waals surface area contributed by atoms with Gasteiger partial charge in [-0.1, -0.05) is 24.3 Å². The Morgan fingerprint density at radius 1 is 1.12 bits per heavy atom. The number of benzene rings is 2. The molecule has 2 aromatic rings. The van der Waals surface area contributed by atoms with Crippen LogP contribution in [0.3, 0.4) is 0 Å². The highest BCUT2D eigenvalue weighted by Gasteiger charge is 2.26. The molecular weight excluding hydrogens is 324 g/mol. The van der Waals surface area contributed by atoms with E-state index >= 15 is 0 Å². The van der Waals surface area contributed by atoms with Gasteiger partial charge in [-0.05, 0) is 68.1 Å². The van der Waals surface area contributed by atoms with E-state index in [4.69, 9.17) is 4.43 Å². The van der Waals surface area contributed by atoms with Gasteiger partial charge in [0, 0.05) is 18.8 Å². The molecule has 0 amide bonds. The Hall–Kier alpha value is -1.94. The first-order valence-electron chi connectivity index (χ1n) is 9.34. The molecule has 0 spiro atoms. The molecule has 0 aliphatic carbocycles. The number of anilines is 2. The minimum Gasteiger partial charge on any atom is -0.541 e. The zero-order chi connectivity index (χ0) is 17.4. The second kappa shape index (κ2) is 6.75. The number of nitrogens with one attached hydrogen (secondary N) is 1. The van der Waals surface area contributed by atoms with Gasteiger partial charge in [-0.15, -0.1) is 0 Å². The van der Waals surface area contributed by atoms with Gasteiger partial charge >= 0.3 is 0 Å². The maximum absolute atomic E-state index is 6.12. The molecule has 3 heterocycles. The highest BCUT2D eigenvalue weighted by Crippen LogP contribution is 2.40. The Bertz CT molecular complexity index is 768. The first-order valence-corrected chi connectivity index (χ1v) is 11.7. The van der Waals surface area contributed by atoms with E-state index in [0.29, 0.717) is 6.04 Å². The number of rotatable bonds is 4. The van der Waals surface area contributed by atoms with Gasteiger partial charge in [0.15, 0.2) is 0 Å². The van der Waals surface area contributed by atoms with Crippen molar-refractivity contribution in [3.8, 4) is 5.75 Å². The molecule has 0 saturated carbocycles. The molecule has 2 bridgehead atoms. The minimum absolute atomic E-state index is 0.303. The van der Waals surface area contributed by atoms with Crippen molar-refractivity contribution in [2.45, 2.75) is 45.3 Å². The summed E-state index contributed by atoms with van der Waals surface area (Å²) in [5.41, 5.74) is 6.74. The van der Waals surface area contributed by atoms with E-state index in [0.717, 1.165) is 17.9 Å². The standard InChI is InChI=1S/C21H27N2OSi/c1-15-7-6-8-17(21(15)23-11-4-5-12-23)19-13-16-9-10-18(22-19)20(14-16)24-25(2)3/h6-10,14,19,22H,4-5,11-13H2,1-3H3. The van der Waals surface area contributed by atoms with Crippen LogP contribution in [0.5, 0.6) is 5.75 Å². The molecule has 4 heteroatoms.